The average molecular weight is 338 g/mol. The van der Waals surface area contributed by atoms with Gasteiger partial charge in [-0.25, -0.2) is 0 Å². The number of tetrazole rings is 1. The highest BCUT2D eigenvalue weighted by Gasteiger charge is 2.18. The molecular formula is C15H20ClN5O2. The van der Waals surface area contributed by atoms with Crippen LogP contribution in [0.1, 0.15) is 26.3 Å². The topological polar surface area (TPSA) is 81.9 Å². The number of ether oxygens (including phenoxy) is 1. The average Bonchev–Trinajstić information content (AvgIpc) is 3.04. The van der Waals surface area contributed by atoms with Crippen LogP contribution in [0.15, 0.2) is 24.3 Å². The Labute approximate surface area is 140 Å². The second kappa shape index (κ2) is 8.59. The maximum absolute atomic E-state index is 12.1. The number of hydrogen-bond donors (Lipinski definition) is 1. The Bertz CT molecular complexity index is 629. The summed E-state index contributed by atoms with van der Waals surface area (Å²) in [5.74, 6) is 0.305. The quantitative estimate of drug-likeness (QED) is 0.746. The summed E-state index contributed by atoms with van der Waals surface area (Å²) in [6, 6.07) is 6.60. The zero-order valence-corrected chi connectivity index (χ0v) is 14.0. The van der Waals surface area contributed by atoms with E-state index in [0.717, 1.165) is 12.0 Å². The first-order chi connectivity index (χ1) is 11.1. The van der Waals surface area contributed by atoms with Gasteiger partial charge in [0.1, 0.15) is 6.04 Å². The summed E-state index contributed by atoms with van der Waals surface area (Å²) < 4.78 is 5.22. The molecule has 0 unspecified atom stereocenters. The van der Waals surface area contributed by atoms with Crippen molar-refractivity contribution < 1.29 is 9.53 Å². The summed E-state index contributed by atoms with van der Waals surface area (Å²) in [6.45, 7) is 5.54. The number of nitrogens with one attached hydrogen (secondary N) is 1. The molecule has 23 heavy (non-hydrogen) atoms. The van der Waals surface area contributed by atoms with Crippen molar-refractivity contribution in [1.82, 2.24) is 25.5 Å². The lowest BCUT2D eigenvalue weighted by molar-refractivity contribution is -0.124. The number of aromatic nitrogens is 4. The van der Waals surface area contributed by atoms with Crippen LogP contribution < -0.4 is 5.32 Å². The number of carbonyl (C=O) groups is 1. The van der Waals surface area contributed by atoms with Crippen LogP contribution in [0.5, 0.6) is 0 Å². The molecule has 7 nitrogen and oxygen atoms in total. The predicted molar refractivity (Wildman–Crippen MR) is 87.1 cm³/mol. The first-order valence-corrected chi connectivity index (χ1v) is 7.90. The van der Waals surface area contributed by atoms with Gasteiger partial charge in [-0.15, -0.1) is 10.2 Å². The number of halogens is 1. The van der Waals surface area contributed by atoms with Gasteiger partial charge in [0.25, 0.3) is 0 Å². The van der Waals surface area contributed by atoms with Crippen LogP contribution in [-0.4, -0.2) is 45.9 Å². The maximum Gasteiger partial charge on any atom is 0.246 e. The highest BCUT2D eigenvalue weighted by molar-refractivity contribution is 6.30. The van der Waals surface area contributed by atoms with E-state index in [4.69, 9.17) is 16.3 Å². The van der Waals surface area contributed by atoms with Gasteiger partial charge in [0.15, 0.2) is 0 Å². The fraction of sp³-hybridized carbons (Fsp3) is 0.467. The van der Waals surface area contributed by atoms with Gasteiger partial charge in [-0.3, -0.25) is 4.79 Å². The monoisotopic (exact) mass is 337 g/mol. The molecule has 0 saturated carbocycles. The molecule has 0 aliphatic rings. The number of carbonyl (C=O) groups excluding carboxylic acids is 1. The van der Waals surface area contributed by atoms with E-state index >= 15 is 0 Å². The van der Waals surface area contributed by atoms with Crippen LogP contribution >= 0.6 is 11.6 Å². The lowest BCUT2D eigenvalue weighted by atomic mass is 10.2. The lowest BCUT2D eigenvalue weighted by Gasteiger charge is -2.10. The molecule has 1 aromatic heterocycles. The minimum absolute atomic E-state index is 0.151. The molecule has 1 N–H and O–H groups in total. The van der Waals surface area contributed by atoms with Crippen LogP contribution in [0.3, 0.4) is 0 Å². The summed E-state index contributed by atoms with van der Waals surface area (Å²) in [5.41, 5.74) is 0.796. The highest BCUT2D eigenvalue weighted by atomic mass is 35.5. The molecule has 0 aliphatic heterocycles. The zero-order valence-electron chi connectivity index (χ0n) is 13.2. The third kappa shape index (κ3) is 5.01. The smallest absolute Gasteiger partial charge is 0.246 e. The van der Waals surface area contributed by atoms with Crippen molar-refractivity contribution in [2.24, 2.45) is 0 Å². The van der Waals surface area contributed by atoms with Crippen molar-refractivity contribution in [2.45, 2.75) is 26.3 Å². The van der Waals surface area contributed by atoms with E-state index in [2.05, 4.69) is 20.7 Å². The molecule has 0 spiro atoms. The Hall–Kier alpha value is -1.99. The summed E-state index contributed by atoms with van der Waals surface area (Å²) in [4.78, 5) is 13.4. The Morgan fingerprint density at radius 1 is 1.39 bits per heavy atom. The lowest BCUT2D eigenvalue weighted by Crippen LogP contribution is -2.33. The van der Waals surface area contributed by atoms with Crippen molar-refractivity contribution in [2.75, 3.05) is 19.8 Å². The molecule has 0 fully saturated rings. The van der Waals surface area contributed by atoms with E-state index in [1.54, 1.807) is 19.1 Å². The molecule has 0 radical (unpaired) electrons. The third-order valence-electron chi connectivity index (χ3n) is 3.23. The summed E-state index contributed by atoms with van der Waals surface area (Å²) in [5, 5.41) is 15.7. The Balaban J connectivity index is 1.91. The van der Waals surface area contributed by atoms with E-state index in [1.807, 2.05) is 19.1 Å². The molecule has 1 aromatic carbocycles. The van der Waals surface area contributed by atoms with Gasteiger partial charge in [0.05, 0.1) is 0 Å². The fourth-order valence-electron chi connectivity index (χ4n) is 1.89. The second-order valence-corrected chi connectivity index (χ2v) is 5.39. The highest BCUT2D eigenvalue weighted by Crippen LogP contribution is 2.17. The van der Waals surface area contributed by atoms with Gasteiger partial charge in [-0.2, -0.15) is 4.80 Å². The largest absolute Gasteiger partial charge is 0.382 e. The van der Waals surface area contributed by atoms with Crippen LogP contribution in [-0.2, 0) is 9.53 Å². The van der Waals surface area contributed by atoms with Gasteiger partial charge in [-0.05, 0) is 49.7 Å². The molecule has 1 amide bonds. The Morgan fingerprint density at radius 3 is 2.83 bits per heavy atom. The van der Waals surface area contributed by atoms with Crippen molar-refractivity contribution in [3.8, 4) is 11.4 Å². The first kappa shape index (κ1) is 17.4. The van der Waals surface area contributed by atoms with E-state index in [9.17, 15) is 4.79 Å². The van der Waals surface area contributed by atoms with E-state index in [0.29, 0.717) is 30.6 Å². The van der Waals surface area contributed by atoms with Crippen LogP contribution in [0, 0.1) is 0 Å². The van der Waals surface area contributed by atoms with Crippen molar-refractivity contribution in [1.29, 1.82) is 0 Å². The van der Waals surface area contributed by atoms with Crippen molar-refractivity contribution in [3.05, 3.63) is 29.3 Å². The van der Waals surface area contributed by atoms with Crippen LogP contribution in [0.2, 0.25) is 5.02 Å². The molecule has 0 bridgehead atoms. The van der Waals surface area contributed by atoms with Crippen molar-refractivity contribution in [3.63, 3.8) is 0 Å². The number of nitrogens with zero attached hydrogens (tertiary/aromatic N) is 4. The molecule has 8 heteroatoms. The zero-order chi connectivity index (χ0) is 16.7. The summed E-state index contributed by atoms with van der Waals surface area (Å²) in [6.07, 6.45) is 0.771. The van der Waals surface area contributed by atoms with Crippen LogP contribution in [0.4, 0.5) is 0 Å². The minimum Gasteiger partial charge on any atom is -0.382 e. The molecule has 2 rings (SSSR count). The molecule has 124 valence electrons. The van der Waals surface area contributed by atoms with E-state index in [-0.39, 0.29) is 5.91 Å². The molecular weight excluding hydrogens is 318 g/mol. The van der Waals surface area contributed by atoms with E-state index in [1.165, 1.54) is 4.80 Å². The standard InChI is InChI=1S/C15H20ClN5O2/c1-3-23-10-4-9-17-15(22)11(2)21-19-14(18-20-21)12-5-7-13(16)8-6-12/h5-8,11H,3-4,9-10H2,1-2H3,(H,17,22)/t11-/m1/s1. The number of hydrogen-bond acceptors (Lipinski definition) is 5. The minimum atomic E-state index is -0.532. The first-order valence-electron chi connectivity index (χ1n) is 7.52. The molecule has 0 aliphatic carbocycles. The van der Waals surface area contributed by atoms with Crippen LogP contribution in [0.25, 0.3) is 11.4 Å². The molecule has 1 heterocycles. The second-order valence-electron chi connectivity index (χ2n) is 4.96. The SMILES string of the molecule is CCOCCCNC(=O)[C@@H](C)n1nnc(-c2ccc(Cl)cc2)n1. The summed E-state index contributed by atoms with van der Waals surface area (Å²) in [7, 11) is 0. The van der Waals surface area contributed by atoms with E-state index < -0.39 is 6.04 Å². The number of amides is 1. The molecule has 0 saturated heterocycles. The number of rotatable bonds is 8. The predicted octanol–water partition coefficient (Wildman–Crippen LogP) is 2.10. The van der Waals surface area contributed by atoms with Gasteiger partial charge in [0, 0.05) is 30.3 Å². The third-order valence-corrected chi connectivity index (χ3v) is 3.48. The van der Waals surface area contributed by atoms with Crippen molar-refractivity contribution >= 4 is 17.5 Å². The molecule has 2 aromatic rings. The summed E-state index contributed by atoms with van der Waals surface area (Å²) >= 11 is 5.85. The number of benzene rings is 1. The van der Waals surface area contributed by atoms with Gasteiger partial charge in [0.2, 0.25) is 11.7 Å². The fourth-order valence-corrected chi connectivity index (χ4v) is 2.01. The molecule has 1 atom stereocenters. The maximum atomic E-state index is 12.1. The Morgan fingerprint density at radius 2 is 2.13 bits per heavy atom. The van der Waals surface area contributed by atoms with Gasteiger partial charge < -0.3 is 10.1 Å². The Kier molecular flexibility index (Phi) is 6.49. The van der Waals surface area contributed by atoms with Gasteiger partial charge in [-0.1, -0.05) is 11.6 Å². The van der Waals surface area contributed by atoms with Gasteiger partial charge >= 0.3 is 0 Å². The normalized spacial score (nSPS) is 12.1.